The Kier molecular flexibility index (Phi) is 2.68. The van der Waals surface area contributed by atoms with Gasteiger partial charge in [0.1, 0.15) is 0 Å². The molecule has 0 fully saturated rings. The first-order valence-corrected chi connectivity index (χ1v) is 4.96. The smallest absolute Gasteiger partial charge is 0.0849 e. The second kappa shape index (κ2) is 3.81. The molecule has 0 amide bonds. The highest BCUT2D eigenvalue weighted by molar-refractivity contribution is 6.43. The summed E-state index contributed by atoms with van der Waals surface area (Å²) in [6, 6.07) is 5.34. The van der Waals surface area contributed by atoms with Crippen molar-refractivity contribution in [3.63, 3.8) is 0 Å². The molecule has 0 atom stereocenters. The summed E-state index contributed by atoms with van der Waals surface area (Å²) in [6.07, 6.45) is 3.21. The van der Waals surface area contributed by atoms with Gasteiger partial charge in [0.25, 0.3) is 0 Å². The number of halogens is 3. The maximum Gasteiger partial charge on any atom is 0.0849 e. The van der Waals surface area contributed by atoms with Crippen LogP contribution in [0.5, 0.6) is 0 Å². The highest BCUT2D eigenvalue weighted by Gasteiger charge is 2.06. The number of hydrogen-bond acceptors (Lipinski definition) is 1. The van der Waals surface area contributed by atoms with Gasteiger partial charge in [-0.2, -0.15) is 5.10 Å². The van der Waals surface area contributed by atoms with Gasteiger partial charge in [0.2, 0.25) is 0 Å². The minimum Gasteiger partial charge on any atom is -0.238 e. The molecule has 14 heavy (non-hydrogen) atoms. The fraction of sp³-hybridized carbons (Fsp3) is 0. The fourth-order valence-electron chi connectivity index (χ4n) is 1.10. The summed E-state index contributed by atoms with van der Waals surface area (Å²) in [5.74, 6) is 0. The van der Waals surface area contributed by atoms with E-state index in [1.54, 1.807) is 29.2 Å². The molecular weight excluding hydrogens is 242 g/mol. The van der Waals surface area contributed by atoms with Crippen LogP contribution in [0, 0.1) is 0 Å². The predicted octanol–water partition coefficient (Wildman–Crippen LogP) is 3.83. The van der Waals surface area contributed by atoms with Crippen molar-refractivity contribution in [3.8, 4) is 5.69 Å². The number of aromatic nitrogens is 2. The molecule has 1 aromatic heterocycles. The lowest BCUT2D eigenvalue weighted by Crippen LogP contribution is -1.94. The molecule has 2 nitrogen and oxygen atoms in total. The van der Waals surface area contributed by atoms with Crippen LogP contribution in [0.25, 0.3) is 5.69 Å². The van der Waals surface area contributed by atoms with E-state index in [1.165, 1.54) is 0 Å². The maximum atomic E-state index is 6.00. The van der Waals surface area contributed by atoms with E-state index in [2.05, 4.69) is 5.10 Å². The summed E-state index contributed by atoms with van der Waals surface area (Å²) < 4.78 is 1.58. The van der Waals surface area contributed by atoms with Crippen LogP contribution in [0.2, 0.25) is 15.1 Å². The zero-order valence-corrected chi connectivity index (χ0v) is 9.18. The van der Waals surface area contributed by atoms with Crippen molar-refractivity contribution in [3.05, 3.63) is 45.7 Å². The Morgan fingerprint density at radius 2 is 1.93 bits per heavy atom. The molecule has 1 heterocycles. The van der Waals surface area contributed by atoms with E-state index in [0.717, 1.165) is 0 Å². The minimum absolute atomic E-state index is 0.467. The number of nitrogens with zero attached hydrogens (tertiary/aromatic N) is 2. The Labute approximate surface area is 96.0 Å². The first kappa shape index (κ1) is 9.84. The summed E-state index contributed by atoms with van der Waals surface area (Å²) in [5, 5.41) is 5.55. The minimum atomic E-state index is 0.467. The Balaban J connectivity index is 2.57. The quantitative estimate of drug-likeness (QED) is 0.749. The van der Waals surface area contributed by atoms with Gasteiger partial charge < -0.3 is 0 Å². The van der Waals surface area contributed by atoms with Crippen LogP contribution in [0.15, 0.2) is 30.6 Å². The van der Waals surface area contributed by atoms with E-state index in [0.29, 0.717) is 20.8 Å². The van der Waals surface area contributed by atoms with Gasteiger partial charge in [0.05, 0.1) is 27.0 Å². The van der Waals surface area contributed by atoms with Gasteiger partial charge in [0.15, 0.2) is 0 Å². The molecule has 0 saturated heterocycles. The van der Waals surface area contributed by atoms with E-state index in [9.17, 15) is 0 Å². The molecule has 0 N–H and O–H groups in total. The topological polar surface area (TPSA) is 17.8 Å². The largest absolute Gasteiger partial charge is 0.238 e. The summed E-state index contributed by atoms with van der Waals surface area (Å²) in [4.78, 5) is 0. The monoisotopic (exact) mass is 246 g/mol. The lowest BCUT2D eigenvalue weighted by Gasteiger charge is -2.04. The standard InChI is InChI=1S/C9H5Cl3N2/c10-6-4-13-14(5-6)8-3-1-2-7(11)9(8)12/h1-5H. The third kappa shape index (κ3) is 1.73. The summed E-state index contributed by atoms with van der Waals surface area (Å²) >= 11 is 17.6. The molecule has 0 unspecified atom stereocenters. The average molecular weight is 248 g/mol. The molecule has 0 radical (unpaired) electrons. The second-order valence-corrected chi connectivity index (χ2v) is 3.90. The first-order valence-electron chi connectivity index (χ1n) is 3.83. The van der Waals surface area contributed by atoms with Crippen LogP contribution in [0.4, 0.5) is 0 Å². The van der Waals surface area contributed by atoms with Crippen LogP contribution in [-0.2, 0) is 0 Å². The molecule has 1 aromatic carbocycles. The van der Waals surface area contributed by atoms with E-state index >= 15 is 0 Å². The summed E-state index contributed by atoms with van der Waals surface area (Å²) in [5.41, 5.74) is 0.714. The zero-order valence-electron chi connectivity index (χ0n) is 6.92. The Hall–Kier alpha value is -0.700. The van der Waals surface area contributed by atoms with Crippen molar-refractivity contribution < 1.29 is 0 Å². The Bertz CT molecular complexity index is 465. The van der Waals surface area contributed by atoms with Crippen molar-refractivity contribution in [2.75, 3.05) is 0 Å². The Morgan fingerprint density at radius 1 is 1.14 bits per heavy atom. The summed E-state index contributed by atoms with van der Waals surface area (Å²) in [7, 11) is 0. The second-order valence-electron chi connectivity index (χ2n) is 2.68. The van der Waals surface area contributed by atoms with Gasteiger partial charge in [-0.25, -0.2) is 4.68 Å². The maximum absolute atomic E-state index is 6.00. The molecule has 0 bridgehead atoms. The molecule has 72 valence electrons. The van der Waals surface area contributed by atoms with Crippen molar-refractivity contribution in [2.24, 2.45) is 0 Å². The lowest BCUT2D eigenvalue weighted by atomic mass is 10.3. The molecule has 0 aliphatic heterocycles. The van der Waals surface area contributed by atoms with Crippen molar-refractivity contribution in [2.45, 2.75) is 0 Å². The first-order chi connectivity index (χ1) is 6.68. The van der Waals surface area contributed by atoms with Gasteiger partial charge in [0, 0.05) is 6.20 Å². The van der Waals surface area contributed by atoms with Gasteiger partial charge in [-0.15, -0.1) is 0 Å². The van der Waals surface area contributed by atoms with E-state index in [4.69, 9.17) is 34.8 Å². The zero-order chi connectivity index (χ0) is 10.1. The predicted molar refractivity (Wildman–Crippen MR) is 58.6 cm³/mol. The van der Waals surface area contributed by atoms with Crippen LogP contribution >= 0.6 is 34.8 Å². The molecular formula is C9H5Cl3N2. The lowest BCUT2D eigenvalue weighted by molar-refractivity contribution is 0.881. The molecule has 0 saturated carbocycles. The van der Waals surface area contributed by atoms with Crippen LogP contribution in [-0.4, -0.2) is 9.78 Å². The van der Waals surface area contributed by atoms with Crippen molar-refractivity contribution >= 4 is 34.8 Å². The normalized spacial score (nSPS) is 10.5. The number of rotatable bonds is 1. The van der Waals surface area contributed by atoms with Gasteiger partial charge in [-0.1, -0.05) is 40.9 Å². The Morgan fingerprint density at radius 3 is 2.57 bits per heavy atom. The van der Waals surface area contributed by atoms with Crippen molar-refractivity contribution in [1.82, 2.24) is 9.78 Å². The van der Waals surface area contributed by atoms with E-state index in [-0.39, 0.29) is 0 Å². The van der Waals surface area contributed by atoms with E-state index < -0.39 is 0 Å². The van der Waals surface area contributed by atoms with Gasteiger partial charge >= 0.3 is 0 Å². The highest BCUT2D eigenvalue weighted by Crippen LogP contribution is 2.28. The fourth-order valence-corrected chi connectivity index (χ4v) is 1.62. The highest BCUT2D eigenvalue weighted by atomic mass is 35.5. The van der Waals surface area contributed by atoms with Crippen LogP contribution < -0.4 is 0 Å². The molecule has 0 aliphatic rings. The SMILES string of the molecule is Clc1cnn(-c2cccc(Cl)c2Cl)c1. The number of hydrogen-bond donors (Lipinski definition) is 0. The molecule has 0 spiro atoms. The van der Waals surface area contributed by atoms with Crippen LogP contribution in [0.3, 0.4) is 0 Å². The molecule has 0 aliphatic carbocycles. The van der Waals surface area contributed by atoms with Crippen LogP contribution in [0.1, 0.15) is 0 Å². The average Bonchev–Trinajstić information content (AvgIpc) is 2.57. The third-order valence-electron chi connectivity index (χ3n) is 1.73. The number of benzene rings is 1. The molecule has 2 aromatic rings. The molecule has 5 heteroatoms. The summed E-state index contributed by atoms with van der Waals surface area (Å²) in [6.45, 7) is 0. The van der Waals surface area contributed by atoms with Gasteiger partial charge in [-0.05, 0) is 12.1 Å². The molecule has 2 rings (SSSR count). The van der Waals surface area contributed by atoms with Crippen molar-refractivity contribution in [1.29, 1.82) is 0 Å². The van der Waals surface area contributed by atoms with E-state index in [1.807, 2.05) is 6.07 Å². The third-order valence-corrected chi connectivity index (χ3v) is 2.73. The van der Waals surface area contributed by atoms with Gasteiger partial charge in [-0.3, -0.25) is 0 Å².